The van der Waals surface area contributed by atoms with Crippen molar-refractivity contribution in [2.24, 2.45) is 0 Å². The third-order valence-electron chi connectivity index (χ3n) is 3.50. The van der Waals surface area contributed by atoms with Crippen LogP contribution in [0.5, 0.6) is 0 Å². The number of fused-ring (bicyclic) bond motifs is 1. The van der Waals surface area contributed by atoms with Crippen LogP contribution < -0.4 is 11.1 Å². The SMILES string of the molecule is Nc1ncnc(NC2CCc3ccccc3C2)c1Br. The number of nitrogens with zero attached hydrogens (tertiary/aromatic N) is 2. The van der Waals surface area contributed by atoms with Crippen LogP contribution in [0.2, 0.25) is 0 Å². The van der Waals surface area contributed by atoms with Crippen LogP contribution in [0.3, 0.4) is 0 Å². The number of nitrogens with one attached hydrogen (secondary N) is 1. The second-order valence-electron chi connectivity index (χ2n) is 4.77. The number of nitrogen functional groups attached to an aromatic ring is 1. The van der Waals surface area contributed by atoms with Gasteiger partial charge >= 0.3 is 0 Å². The van der Waals surface area contributed by atoms with Crippen molar-refractivity contribution in [3.05, 3.63) is 46.2 Å². The average molecular weight is 319 g/mol. The zero-order valence-corrected chi connectivity index (χ0v) is 12.0. The predicted molar refractivity (Wildman–Crippen MR) is 80.0 cm³/mol. The first-order valence-electron chi connectivity index (χ1n) is 6.33. The number of aromatic nitrogens is 2. The van der Waals surface area contributed by atoms with Gasteiger partial charge in [-0.05, 0) is 46.3 Å². The van der Waals surface area contributed by atoms with Crippen molar-refractivity contribution in [1.29, 1.82) is 0 Å². The molecule has 4 nitrogen and oxygen atoms in total. The van der Waals surface area contributed by atoms with Crippen LogP contribution in [0.15, 0.2) is 35.1 Å². The van der Waals surface area contributed by atoms with E-state index in [1.165, 1.54) is 17.5 Å². The fourth-order valence-corrected chi connectivity index (χ4v) is 2.82. The molecule has 3 rings (SSSR count). The molecule has 19 heavy (non-hydrogen) atoms. The third-order valence-corrected chi connectivity index (χ3v) is 4.29. The van der Waals surface area contributed by atoms with E-state index in [-0.39, 0.29) is 0 Å². The van der Waals surface area contributed by atoms with Crippen molar-refractivity contribution in [2.75, 3.05) is 11.1 Å². The lowest BCUT2D eigenvalue weighted by atomic mass is 9.88. The van der Waals surface area contributed by atoms with E-state index in [1.54, 1.807) is 0 Å². The van der Waals surface area contributed by atoms with Gasteiger partial charge in [0, 0.05) is 6.04 Å². The summed E-state index contributed by atoms with van der Waals surface area (Å²) in [5, 5.41) is 3.45. The minimum absolute atomic E-state index is 0.389. The minimum Gasteiger partial charge on any atom is -0.383 e. The fourth-order valence-electron chi connectivity index (χ4n) is 2.50. The highest BCUT2D eigenvalue weighted by atomic mass is 79.9. The van der Waals surface area contributed by atoms with Gasteiger partial charge < -0.3 is 11.1 Å². The van der Waals surface area contributed by atoms with E-state index in [4.69, 9.17) is 5.73 Å². The summed E-state index contributed by atoms with van der Waals surface area (Å²) in [5.74, 6) is 1.24. The van der Waals surface area contributed by atoms with E-state index in [0.29, 0.717) is 11.9 Å². The number of nitrogens with two attached hydrogens (primary N) is 1. The van der Waals surface area contributed by atoms with Crippen LogP contribution in [0, 0.1) is 0 Å². The second kappa shape index (κ2) is 5.17. The first kappa shape index (κ1) is 12.4. The topological polar surface area (TPSA) is 63.8 Å². The van der Waals surface area contributed by atoms with Gasteiger partial charge in [0.1, 0.15) is 22.4 Å². The third kappa shape index (κ3) is 2.56. The maximum Gasteiger partial charge on any atom is 0.146 e. The molecule has 98 valence electrons. The second-order valence-corrected chi connectivity index (χ2v) is 5.57. The monoisotopic (exact) mass is 318 g/mol. The highest BCUT2D eigenvalue weighted by molar-refractivity contribution is 9.10. The molecule has 0 spiro atoms. The van der Waals surface area contributed by atoms with Gasteiger partial charge in [0.25, 0.3) is 0 Å². The summed E-state index contributed by atoms with van der Waals surface area (Å²) in [6.45, 7) is 0. The molecular weight excluding hydrogens is 304 g/mol. The number of anilines is 2. The Morgan fingerprint density at radius 3 is 2.84 bits per heavy atom. The van der Waals surface area contributed by atoms with E-state index in [1.807, 2.05) is 0 Å². The van der Waals surface area contributed by atoms with Crippen LogP contribution in [0.1, 0.15) is 17.5 Å². The number of halogens is 1. The molecule has 0 amide bonds. The van der Waals surface area contributed by atoms with Crippen LogP contribution in [0.4, 0.5) is 11.6 Å². The first-order chi connectivity index (χ1) is 9.24. The van der Waals surface area contributed by atoms with Crippen molar-refractivity contribution < 1.29 is 0 Å². The van der Waals surface area contributed by atoms with E-state index < -0.39 is 0 Å². The predicted octanol–water partition coefficient (Wildman–Crippen LogP) is 2.79. The molecular formula is C14H15BrN4. The first-order valence-corrected chi connectivity index (χ1v) is 7.12. The number of hydrogen-bond acceptors (Lipinski definition) is 4. The molecule has 2 aromatic rings. The fraction of sp³-hybridized carbons (Fsp3) is 0.286. The minimum atomic E-state index is 0.389. The van der Waals surface area contributed by atoms with Gasteiger partial charge in [0.05, 0.1) is 0 Å². The molecule has 1 aromatic carbocycles. The lowest BCUT2D eigenvalue weighted by Gasteiger charge is -2.26. The molecule has 0 bridgehead atoms. The molecule has 3 N–H and O–H groups in total. The highest BCUT2D eigenvalue weighted by Crippen LogP contribution is 2.28. The number of benzene rings is 1. The smallest absolute Gasteiger partial charge is 0.146 e. The lowest BCUT2D eigenvalue weighted by Crippen LogP contribution is -2.28. The summed E-state index contributed by atoms with van der Waals surface area (Å²) in [4.78, 5) is 8.19. The molecule has 1 unspecified atom stereocenters. The number of rotatable bonds is 2. The average Bonchev–Trinajstić information content (AvgIpc) is 2.44. The molecule has 1 aromatic heterocycles. The van der Waals surface area contributed by atoms with Crippen LogP contribution in [-0.4, -0.2) is 16.0 Å². The van der Waals surface area contributed by atoms with Crippen molar-refractivity contribution in [3.63, 3.8) is 0 Å². The van der Waals surface area contributed by atoms with Crippen molar-refractivity contribution in [1.82, 2.24) is 9.97 Å². The largest absolute Gasteiger partial charge is 0.383 e. The molecule has 1 heterocycles. The molecule has 1 atom stereocenters. The van der Waals surface area contributed by atoms with Crippen molar-refractivity contribution in [3.8, 4) is 0 Å². The van der Waals surface area contributed by atoms with Crippen LogP contribution in [-0.2, 0) is 12.8 Å². The molecule has 1 aliphatic carbocycles. The van der Waals surface area contributed by atoms with Gasteiger partial charge in [-0.25, -0.2) is 9.97 Å². The van der Waals surface area contributed by atoms with E-state index in [0.717, 1.165) is 29.6 Å². The number of aryl methyl sites for hydroxylation is 1. The molecule has 0 fully saturated rings. The summed E-state index contributed by atoms with van der Waals surface area (Å²) in [5.41, 5.74) is 8.65. The summed E-state index contributed by atoms with van der Waals surface area (Å²) in [6.07, 6.45) is 4.71. The molecule has 5 heteroatoms. The zero-order valence-electron chi connectivity index (χ0n) is 10.4. The van der Waals surface area contributed by atoms with Crippen LogP contribution >= 0.6 is 15.9 Å². The Morgan fingerprint density at radius 1 is 1.21 bits per heavy atom. The van der Waals surface area contributed by atoms with Gasteiger partial charge in [-0.2, -0.15) is 0 Å². The standard InChI is InChI=1S/C14H15BrN4/c15-12-13(16)17-8-18-14(12)19-11-6-5-9-3-1-2-4-10(9)7-11/h1-4,8,11H,5-7H2,(H3,16,17,18,19). The Morgan fingerprint density at radius 2 is 2.00 bits per heavy atom. The lowest BCUT2D eigenvalue weighted by molar-refractivity contribution is 0.608. The molecule has 0 saturated carbocycles. The quantitative estimate of drug-likeness (QED) is 0.893. The number of hydrogen-bond donors (Lipinski definition) is 2. The summed E-state index contributed by atoms with van der Waals surface area (Å²) < 4.78 is 0.744. The van der Waals surface area contributed by atoms with Crippen molar-refractivity contribution in [2.45, 2.75) is 25.3 Å². The Bertz CT molecular complexity index is 600. The normalized spacial score (nSPS) is 17.8. The molecule has 0 aliphatic heterocycles. The van der Waals surface area contributed by atoms with Gasteiger partial charge in [-0.1, -0.05) is 24.3 Å². The maximum absolute atomic E-state index is 5.76. The van der Waals surface area contributed by atoms with Crippen LogP contribution in [0.25, 0.3) is 0 Å². The molecule has 0 radical (unpaired) electrons. The van der Waals surface area contributed by atoms with E-state index >= 15 is 0 Å². The Labute approximate surface area is 120 Å². The van der Waals surface area contributed by atoms with Gasteiger partial charge in [-0.15, -0.1) is 0 Å². The summed E-state index contributed by atoms with van der Waals surface area (Å²) >= 11 is 3.43. The van der Waals surface area contributed by atoms with Gasteiger partial charge in [0.15, 0.2) is 0 Å². The Kier molecular flexibility index (Phi) is 3.38. The molecule has 1 aliphatic rings. The summed E-state index contributed by atoms with van der Waals surface area (Å²) in [7, 11) is 0. The summed E-state index contributed by atoms with van der Waals surface area (Å²) in [6, 6.07) is 9.01. The highest BCUT2D eigenvalue weighted by Gasteiger charge is 2.19. The van der Waals surface area contributed by atoms with E-state index in [2.05, 4.69) is 55.5 Å². The Balaban J connectivity index is 1.77. The maximum atomic E-state index is 5.76. The zero-order chi connectivity index (χ0) is 13.2. The van der Waals surface area contributed by atoms with Gasteiger partial charge in [0.2, 0.25) is 0 Å². The molecule has 0 saturated heterocycles. The van der Waals surface area contributed by atoms with Gasteiger partial charge in [-0.3, -0.25) is 0 Å². The van der Waals surface area contributed by atoms with E-state index in [9.17, 15) is 0 Å². The Hall–Kier alpha value is -1.62. The van der Waals surface area contributed by atoms with Crippen molar-refractivity contribution >= 4 is 27.6 Å².